The van der Waals surface area contributed by atoms with E-state index in [0.29, 0.717) is 0 Å². The normalized spacial score (nSPS) is 17.8. The average molecular weight is 243 g/mol. The quantitative estimate of drug-likeness (QED) is 0.814. The van der Waals surface area contributed by atoms with Crippen LogP contribution in [-0.2, 0) is 0 Å². The fraction of sp³-hybridized carbons (Fsp3) is 0.500. The topological polar surface area (TPSA) is 21.3 Å². The molecule has 0 amide bonds. The van der Waals surface area contributed by atoms with Crippen molar-refractivity contribution in [1.82, 2.24) is 0 Å². The molecule has 2 heteroatoms. The summed E-state index contributed by atoms with van der Waals surface area (Å²) in [5.74, 6) is 3.90. The highest BCUT2D eigenvalue weighted by Gasteiger charge is 2.29. The molecule has 0 unspecified atom stereocenters. The van der Waals surface area contributed by atoms with E-state index in [1.165, 1.54) is 19.3 Å². The van der Waals surface area contributed by atoms with Gasteiger partial charge in [-0.1, -0.05) is 25.2 Å². The first-order valence-electron chi connectivity index (χ1n) is 6.64. The van der Waals surface area contributed by atoms with Crippen molar-refractivity contribution >= 4 is 5.69 Å². The van der Waals surface area contributed by atoms with Crippen molar-refractivity contribution in [2.45, 2.75) is 32.1 Å². The second-order valence-corrected chi connectivity index (χ2v) is 5.07. The van der Waals surface area contributed by atoms with E-state index >= 15 is 0 Å². The maximum atomic E-state index is 5.74. The first-order chi connectivity index (χ1) is 8.78. The van der Waals surface area contributed by atoms with Crippen LogP contribution in [-0.4, -0.2) is 13.7 Å². The molecule has 1 aromatic rings. The van der Waals surface area contributed by atoms with Crippen LogP contribution in [0.15, 0.2) is 24.3 Å². The highest BCUT2D eigenvalue weighted by atomic mass is 16.5. The lowest BCUT2D eigenvalue weighted by molar-refractivity contribution is 0.288. The summed E-state index contributed by atoms with van der Waals surface area (Å²) in [4.78, 5) is 0. The SMILES string of the molecule is C#CC1(CNc2ccc(OC)cc2)CCCCC1. The van der Waals surface area contributed by atoms with Crippen LogP contribution in [0.4, 0.5) is 5.69 Å². The summed E-state index contributed by atoms with van der Waals surface area (Å²) in [6.07, 6.45) is 11.9. The minimum atomic E-state index is 0.0537. The average Bonchev–Trinajstić information content (AvgIpc) is 2.47. The molecule has 2 nitrogen and oxygen atoms in total. The molecule has 0 spiro atoms. The van der Waals surface area contributed by atoms with Gasteiger partial charge >= 0.3 is 0 Å². The van der Waals surface area contributed by atoms with Gasteiger partial charge in [-0.2, -0.15) is 0 Å². The standard InChI is InChI=1S/C16H21NO/c1-3-16(11-5-4-6-12-16)13-17-14-7-9-15(18-2)10-8-14/h1,7-10,17H,4-6,11-13H2,2H3. The molecule has 0 aliphatic heterocycles. The highest BCUT2D eigenvalue weighted by molar-refractivity contribution is 5.46. The molecule has 96 valence electrons. The molecule has 1 aromatic carbocycles. The number of nitrogens with one attached hydrogen (secondary N) is 1. The molecule has 1 aliphatic carbocycles. The van der Waals surface area contributed by atoms with Gasteiger partial charge in [0.2, 0.25) is 0 Å². The molecule has 1 fully saturated rings. The number of hydrogen-bond acceptors (Lipinski definition) is 2. The molecule has 1 saturated carbocycles. The third-order valence-electron chi connectivity index (χ3n) is 3.84. The summed E-state index contributed by atoms with van der Waals surface area (Å²) in [7, 11) is 1.68. The third-order valence-corrected chi connectivity index (χ3v) is 3.84. The Hall–Kier alpha value is -1.62. The zero-order chi connectivity index (χ0) is 12.8. The van der Waals surface area contributed by atoms with Gasteiger partial charge in [0, 0.05) is 17.6 Å². The molecule has 1 aliphatic rings. The van der Waals surface area contributed by atoms with Crippen LogP contribution in [0.25, 0.3) is 0 Å². The Labute approximate surface area is 110 Å². The minimum Gasteiger partial charge on any atom is -0.497 e. The second kappa shape index (κ2) is 5.82. The van der Waals surface area contributed by atoms with E-state index in [4.69, 9.17) is 11.2 Å². The minimum absolute atomic E-state index is 0.0537. The molecule has 18 heavy (non-hydrogen) atoms. The summed E-state index contributed by atoms with van der Waals surface area (Å²) in [6.45, 7) is 0.871. The summed E-state index contributed by atoms with van der Waals surface area (Å²) >= 11 is 0. The molecular formula is C16H21NO. The Morgan fingerprint density at radius 1 is 1.22 bits per heavy atom. The summed E-state index contributed by atoms with van der Waals surface area (Å²) in [5.41, 5.74) is 1.16. The van der Waals surface area contributed by atoms with Crippen LogP contribution in [0.3, 0.4) is 0 Å². The largest absolute Gasteiger partial charge is 0.497 e. The molecule has 0 bridgehead atoms. The first-order valence-corrected chi connectivity index (χ1v) is 6.64. The van der Waals surface area contributed by atoms with Crippen LogP contribution < -0.4 is 10.1 Å². The number of anilines is 1. The lowest BCUT2D eigenvalue weighted by Gasteiger charge is -2.32. The van der Waals surface area contributed by atoms with Gasteiger partial charge in [-0.15, -0.1) is 6.42 Å². The van der Waals surface area contributed by atoms with Gasteiger partial charge in [0.15, 0.2) is 0 Å². The molecule has 2 rings (SSSR count). The second-order valence-electron chi connectivity index (χ2n) is 5.07. The lowest BCUT2D eigenvalue weighted by atomic mass is 9.74. The summed E-state index contributed by atoms with van der Waals surface area (Å²) in [5, 5.41) is 3.46. The highest BCUT2D eigenvalue weighted by Crippen LogP contribution is 2.35. The Balaban J connectivity index is 1.95. The zero-order valence-electron chi connectivity index (χ0n) is 11.0. The molecule has 0 atom stereocenters. The predicted octanol–water partition coefficient (Wildman–Crippen LogP) is 3.69. The zero-order valence-corrected chi connectivity index (χ0v) is 11.0. The smallest absolute Gasteiger partial charge is 0.119 e. The number of terminal acetylenes is 1. The van der Waals surface area contributed by atoms with E-state index in [2.05, 4.69) is 11.2 Å². The van der Waals surface area contributed by atoms with Crippen molar-refractivity contribution in [1.29, 1.82) is 0 Å². The van der Waals surface area contributed by atoms with Gasteiger partial charge in [-0.3, -0.25) is 0 Å². The number of rotatable bonds is 4. The molecule has 0 radical (unpaired) electrons. The monoisotopic (exact) mass is 243 g/mol. The molecule has 0 saturated heterocycles. The first kappa shape index (κ1) is 12.8. The maximum absolute atomic E-state index is 5.74. The van der Waals surface area contributed by atoms with Gasteiger partial charge in [0.25, 0.3) is 0 Å². The van der Waals surface area contributed by atoms with Crippen molar-refractivity contribution in [2.24, 2.45) is 5.41 Å². The fourth-order valence-corrected chi connectivity index (χ4v) is 2.58. The maximum Gasteiger partial charge on any atom is 0.119 e. The van der Waals surface area contributed by atoms with Crippen molar-refractivity contribution in [2.75, 3.05) is 19.0 Å². The van der Waals surface area contributed by atoms with Crippen molar-refractivity contribution < 1.29 is 4.74 Å². The van der Waals surface area contributed by atoms with Crippen LogP contribution in [0.5, 0.6) is 5.75 Å². The summed E-state index contributed by atoms with van der Waals surface area (Å²) < 4.78 is 5.14. The van der Waals surface area contributed by atoms with E-state index in [1.807, 2.05) is 24.3 Å². The van der Waals surface area contributed by atoms with Crippen LogP contribution in [0.2, 0.25) is 0 Å². The Morgan fingerprint density at radius 2 is 1.89 bits per heavy atom. The molecule has 1 N–H and O–H groups in total. The third kappa shape index (κ3) is 2.98. The van der Waals surface area contributed by atoms with Crippen molar-refractivity contribution in [3.8, 4) is 18.1 Å². The van der Waals surface area contributed by atoms with Crippen LogP contribution in [0, 0.1) is 17.8 Å². The van der Waals surface area contributed by atoms with E-state index in [1.54, 1.807) is 7.11 Å². The molecule has 0 aromatic heterocycles. The lowest BCUT2D eigenvalue weighted by Crippen LogP contribution is -2.30. The van der Waals surface area contributed by atoms with Gasteiger partial charge in [0.05, 0.1) is 7.11 Å². The number of benzene rings is 1. The number of methoxy groups -OCH3 is 1. The summed E-state index contributed by atoms with van der Waals surface area (Å²) in [6, 6.07) is 8.00. The van der Waals surface area contributed by atoms with Crippen LogP contribution in [0.1, 0.15) is 32.1 Å². The van der Waals surface area contributed by atoms with Gasteiger partial charge < -0.3 is 10.1 Å². The fourth-order valence-electron chi connectivity index (χ4n) is 2.58. The van der Waals surface area contributed by atoms with E-state index < -0.39 is 0 Å². The predicted molar refractivity (Wildman–Crippen MR) is 75.8 cm³/mol. The van der Waals surface area contributed by atoms with Crippen molar-refractivity contribution in [3.63, 3.8) is 0 Å². The Bertz CT molecular complexity index is 410. The van der Waals surface area contributed by atoms with E-state index in [-0.39, 0.29) is 5.41 Å². The van der Waals surface area contributed by atoms with E-state index in [0.717, 1.165) is 30.8 Å². The Morgan fingerprint density at radius 3 is 2.44 bits per heavy atom. The van der Waals surface area contributed by atoms with Gasteiger partial charge in [-0.25, -0.2) is 0 Å². The van der Waals surface area contributed by atoms with Crippen molar-refractivity contribution in [3.05, 3.63) is 24.3 Å². The number of hydrogen-bond donors (Lipinski definition) is 1. The molecule has 0 heterocycles. The van der Waals surface area contributed by atoms with Gasteiger partial charge in [0.1, 0.15) is 5.75 Å². The van der Waals surface area contributed by atoms with Gasteiger partial charge in [-0.05, 0) is 37.1 Å². The van der Waals surface area contributed by atoms with Crippen LogP contribution >= 0.6 is 0 Å². The number of ether oxygens (including phenoxy) is 1. The molecular weight excluding hydrogens is 222 g/mol. The van der Waals surface area contributed by atoms with E-state index in [9.17, 15) is 0 Å². The Kier molecular flexibility index (Phi) is 4.15.